The van der Waals surface area contributed by atoms with Crippen LogP contribution >= 0.6 is 0 Å². The molecule has 4 aromatic rings. The Hall–Kier alpha value is -3.66. The van der Waals surface area contributed by atoms with Crippen molar-refractivity contribution in [3.63, 3.8) is 0 Å². The van der Waals surface area contributed by atoms with Gasteiger partial charge in [-0.2, -0.15) is 0 Å². The zero-order valence-electron chi connectivity index (χ0n) is 17.8. The monoisotopic (exact) mass is 407 g/mol. The first kappa shape index (κ1) is 19.3. The molecule has 154 valence electrons. The topological polar surface area (TPSA) is 46.5 Å². The number of hydrogen-bond donors (Lipinski definition) is 1. The first-order valence-electron chi connectivity index (χ1n) is 10.7. The first-order chi connectivity index (χ1) is 15.3. The molecular formula is C27H25N3O. The van der Waals surface area contributed by atoms with E-state index in [9.17, 15) is 0 Å². The molecule has 0 saturated heterocycles. The minimum absolute atomic E-state index is 0.293. The molecule has 31 heavy (non-hydrogen) atoms. The molecule has 1 aliphatic rings. The van der Waals surface area contributed by atoms with Crippen molar-refractivity contribution < 1.29 is 4.74 Å². The molecule has 0 amide bonds. The fraction of sp³-hybridized carbons (Fsp3) is 0.185. The van der Waals surface area contributed by atoms with E-state index in [0.29, 0.717) is 0 Å². The molecular weight excluding hydrogens is 382 g/mol. The van der Waals surface area contributed by atoms with E-state index in [-0.39, 0.29) is 5.54 Å². The molecule has 0 saturated carbocycles. The lowest BCUT2D eigenvalue weighted by Crippen LogP contribution is -2.30. The van der Waals surface area contributed by atoms with Crippen LogP contribution in [-0.2, 0) is 5.54 Å². The Morgan fingerprint density at radius 2 is 1.58 bits per heavy atom. The molecule has 1 aliphatic heterocycles. The van der Waals surface area contributed by atoms with Gasteiger partial charge < -0.3 is 10.1 Å². The molecule has 1 N–H and O–H groups in total. The van der Waals surface area contributed by atoms with Gasteiger partial charge in [-0.1, -0.05) is 85.8 Å². The maximum absolute atomic E-state index is 5.98. The summed E-state index contributed by atoms with van der Waals surface area (Å²) < 4.78 is 5.98. The number of benzene rings is 3. The average molecular weight is 408 g/mol. The van der Waals surface area contributed by atoms with Crippen LogP contribution in [-0.4, -0.2) is 24.5 Å². The molecule has 4 heteroatoms. The molecule has 1 atom stereocenters. The number of fused-ring (bicyclic) bond motifs is 1. The third-order valence-corrected chi connectivity index (χ3v) is 6.11. The van der Waals surface area contributed by atoms with Gasteiger partial charge in [-0.15, -0.1) is 0 Å². The molecule has 5 rings (SSSR count). The number of nitrogens with zero attached hydrogens (tertiary/aromatic N) is 2. The Kier molecular flexibility index (Phi) is 4.91. The van der Waals surface area contributed by atoms with Gasteiger partial charge >= 0.3 is 0 Å². The second-order valence-corrected chi connectivity index (χ2v) is 7.82. The number of para-hydroxylation sites is 1. The van der Waals surface area contributed by atoms with Crippen LogP contribution in [0.4, 0.5) is 0 Å². The number of rotatable bonds is 5. The fourth-order valence-corrected chi connectivity index (χ4v) is 4.41. The maximum atomic E-state index is 5.98. The number of nitrogens with one attached hydrogen (secondary N) is 1. The summed E-state index contributed by atoms with van der Waals surface area (Å²) in [4.78, 5) is 10.2. The van der Waals surface area contributed by atoms with Crippen LogP contribution in [0.5, 0.6) is 5.75 Å². The average Bonchev–Trinajstić information content (AvgIpc) is 3.29. The summed E-state index contributed by atoms with van der Waals surface area (Å²) in [7, 11) is 1.71. The van der Waals surface area contributed by atoms with Gasteiger partial charge in [0.1, 0.15) is 17.1 Å². The first-order valence-corrected chi connectivity index (χ1v) is 10.7. The zero-order chi connectivity index (χ0) is 21.3. The summed E-state index contributed by atoms with van der Waals surface area (Å²) in [6.07, 6.45) is 0.907. The molecule has 0 bridgehead atoms. The molecule has 1 aromatic heterocycles. The van der Waals surface area contributed by atoms with Gasteiger partial charge in [0.2, 0.25) is 0 Å². The largest absolute Gasteiger partial charge is 0.494 e. The van der Waals surface area contributed by atoms with Crippen LogP contribution in [0.25, 0.3) is 22.2 Å². The van der Waals surface area contributed by atoms with Gasteiger partial charge in [0.25, 0.3) is 0 Å². The van der Waals surface area contributed by atoms with Gasteiger partial charge in [0.05, 0.1) is 18.2 Å². The Bertz CT molecular complexity index is 1250. The molecule has 2 heterocycles. The van der Waals surface area contributed by atoms with Crippen molar-refractivity contribution in [3.8, 4) is 17.0 Å². The predicted molar refractivity (Wildman–Crippen MR) is 127 cm³/mol. The minimum atomic E-state index is -0.293. The van der Waals surface area contributed by atoms with Crippen molar-refractivity contribution in [3.05, 3.63) is 96.1 Å². The van der Waals surface area contributed by atoms with Gasteiger partial charge in [-0.25, -0.2) is 4.98 Å². The molecule has 3 aromatic carbocycles. The van der Waals surface area contributed by atoms with Crippen LogP contribution in [0.2, 0.25) is 0 Å². The second-order valence-electron chi connectivity index (χ2n) is 7.82. The fourth-order valence-electron chi connectivity index (χ4n) is 4.41. The van der Waals surface area contributed by atoms with E-state index in [1.54, 1.807) is 7.11 Å². The Morgan fingerprint density at radius 1 is 0.903 bits per heavy atom. The van der Waals surface area contributed by atoms with Crippen LogP contribution in [0.15, 0.2) is 89.9 Å². The Labute approximate surface area is 182 Å². The highest BCUT2D eigenvalue weighted by Gasteiger charge is 2.37. The molecule has 0 fully saturated rings. The van der Waals surface area contributed by atoms with Crippen LogP contribution in [0.1, 0.15) is 24.5 Å². The van der Waals surface area contributed by atoms with Crippen LogP contribution < -0.4 is 10.1 Å². The van der Waals surface area contributed by atoms with Crippen LogP contribution in [0.3, 0.4) is 0 Å². The standard InChI is InChI=1S/C27H25N3O/c1-3-27(20-14-8-5-9-15-20)18-28-26(30-27)23-21-16-10-11-17-22(21)29-24(25(23)31-2)19-12-6-4-7-13-19/h4-17H,3,18H2,1-2H3,(H,28,30)/t27-/m0/s1. The van der Waals surface area contributed by atoms with E-state index in [0.717, 1.165) is 52.3 Å². The second kappa shape index (κ2) is 7.88. The zero-order valence-corrected chi connectivity index (χ0v) is 17.8. The van der Waals surface area contributed by atoms with Gasteiger partial charge in [0, 0.05) is 17.5 Å². The third-order valence-electron chi connectivity index (χ3n) is 6.11. The highest BCUT2D eigenvalue weighted by Crippen LogP contribution is 2.39. The van der Waals surface area contributed by atoms with E-state index >= 15 is 0 Å². The maximum Gasteiger partial charge on any atom is 0.156 e. The highest BCUT2D eigenvalue weighted by molar-refractivity contribution is 6.13. The van der Waals surface area contributed by atoms with Crippen LogP contribution in [0, 0.1) is 0 Å². The Balaban J connectivity index is 1.77. The summed E-state index contributed by atoms with van der Waals surface area (Å²) in [5.41, 5.74) is 4.68. The molecule has 0 unspecified atom stereocenters. The van der Waals surface area contributed by atoms with E-state index in [2.05, 4.69) is 54.7 Å². The highest BCUT2D eigenvalue weighted by atomic mass is 16.5. The summed E-state index contributed by atoms with van der Waals surface area (Å²) in [6.45, 7) is 2.95. The summed E-state index contributed by atoms with van der Waals surface area (Å²) >= 11 is 0. The van der Waals surface area contributed by atoms with Crippen molar-refractivity contribution in [1.82, 2.24) is 10.3 Å². The van der Waals surface area contributed by atoms with Gasteiger partial charge in [0.15, 0.2) is 5.75 Å². The number of aliphatic imine (C=N–C) groups is 1. The number of pyridine rings is 1. The lowest BCUT2D eigenvalue weighted by molar-refractivity contribution is 0.414. The van der Waals surface area contributed by atoms with Crippen molar-refractivity contribution >= 4 is 16.7 Å². The van der Waals surface area contributed by atoms with Crippen molar-refractivity contribution in [2.75, 3.05) is 13.7 Å². The quantitative estimate of drug-likeness (QED) is 0.471. The van der Waals surface area contributed by atoms with E-state index in [4.69, 9.17) is 14.7 Å². The summed E-state index contributed by atoms with van der Waals surface area (Å²) in [5, 5.41) is 4.63. The van der Waals surface area contributed by atoms with Crippen molar-refractivity contribution in [2.24, 2.45) is 4.99 Å². The lowest BCUT2D eigenvalue weighted by Gasteiger charge is -2.23. The van der Waals surface area contributed by atoms with Gasteiger partial charge in [-0.3, -0.25) is 4.99 Å². The predicted octanol–water partition coefficient (Wildman–Crippen LogP) is 5.57. The number of ether oxygens (including phenoxy) is 1. The number of aromatic nitrogens is 1. The number of amidine groups is 1. The molecule has 4 nitrogen and oxygen atoms in total. The minimum Gasteiger partial charge on any atom is -0.494 e. The van der Waals surface area contributed by atoms with Crippen molar-refractivity contribution in [2.45, 2.75) is 18.9 Å². The third kappa shape index (κ3) is 3.25. The number of hydrogen-bond acceptors (Lipinski definition) is 4. The molecule has 0 radical (unpaired) electrons. The SMILES string of the molecule is CC[C@@]1(c2ccccc2)CNC(c2c(OC)c(-c3ccccc3)nc3ccccc23)=N1. The van der Waals surface area contributed by atoms with E-state index in [1.807, 2.05) is 42.5 Å². The molecule has 0 spiro atoms. The Morgan fingerprint density at radius 3 is 2.29 bits per heavy atom. The summed E-state index contributed by atoms with van der Waals surface area (Å²) in [5.74, 6) is 1.61. The number of methoxy groups -OCH3 is 1. The lowest BCUT2D eigenvalue weighted by atomic mass is 9.88. The van der Waals surface area contributed by atoms with E-state index < -0.39 is 0 Å². The normalized spacial score (nSPS) is 17.9. The summed E-state index contributed by atoms with van der Waals surface area (Å²) in [6, 6.07) is 28.9. The molecule has 0 aliphatic carbocycles. The van der Waals surface area contributed by atoms with E-state index in [1.165, 1.54) is 5.56 Å². The smallest absolute Gasteiger partial charge is 0.156 e. The van der Waals surface area contributed by atoms with Crippen molar-refractivity contribution in [1.29, 1.82) is 0 Å². The van der Waals surface area contributed by atoms with Gasteiger partial charge in [-0.05, 0) is 18.1 Å².